The minimum Gasteiger partial charge on any atom is -0.508 e. The zero-order valence-electron chi connectivity index (χ0n) is 9.74. The van der Waals surface area contributed by atoms with Gasteiger partial charge in [-0.15, -0.1) is 0 Å². The number of ether oxygens (including phenoxy) is 2. The van der Waals surface area contributed by atoms with Crippen LogP contribution in [0.2, 0.25) is 0 Å². The molecule has 3 rings (SSSR count). The van der Waals surface area contributed by atoms with Gasteiger partial charge in [0.1, 0.15) is 5.75 Å². The molecule has 0 amide bonds. The number of nitrogens with one attached hydrogen (secondary N) is 1. The van der Waals surface area contributed by atoms with Gasteiger partial charge in [-0.1, -0.05) is 0 Å². The normalized spacial score (nSPS) is 19.5. The number of hydrogen-bond donors (Lipinski definition) is 2. The smallest absolute Gasteiger partial charge is 0.231 e. The van der Waals surface area contributed by atoms with Crippen molar-refractivity contribution in [3.63, 3.8) is 0 Å². The van der Waals surface area contributed by atoms with Crippen LogP contribution in [0.15, 0.2) is 12.1 Å². The van der Waals surface area contributed by atoms with E-state index in [1.165, 1.54) is 12.8 Å². The molecule has 0 bridgehead atoms. The maximum Gasteiger partial charge on any atom is 0.231 e. The van der Waals surface area contributed by atoms with Gasteiger partial charge in [0.15, 0.2) is 11.5 Å². The Labute approximate surface area is 101 Å². The molecule has 2 heterocycles. The third-order valence-electron chi connectivity index (χ3n) is 3.54. The Morgan fingerprint density at radius 3 is 2.65 bits per heavy atom. The number of fused-ring (bicyclic) bond motifs is 1. The Morgan fingerprint density at radius 2 is 1.88 bits per heavy atom. The number of phenolic OH excluding ortho intramolecular Hbond substituents is 1. The van der Waals surface area contributed by atoms with Crippen LogP contribution in [0.25, 0.3) is 0 Å². The van der Waals surface area contributed by atoms with E-state index in [9.17, 15) is 5.11 Å². The van der Waals surface area contributed by atoms with Gasteiger partial charge in [-0.25, -0.2) is 0 Å². The van der Waals surface area contributed by atoms with E-state index in [4.69, 9.17) is 9.47 Å². The second kappa shape index (κ2) is 4.45. The molecule has 1 aromatic rings. The second-order valence-corrected chi connectivity index (χ2v) is 4.73. The molecule has 2 aliphatic heterocycles. The number of aromatic hydroxyl groups is 1. The van der Waals surface area contributed by atoms with E-state index in [1.54, 1.807) is 6.07 Å². The minimum absolute atomic E-state index is 0.256. The molecular formula is C13H17NO3. The summed E-state index contributed by atoms with van der Waals surface area (Å²) in [5.41, 5.74) is 0.973. The van der Waals surface area contributed by atoms with Crippen LogP contribution in [0.5, 0.6) is 17.2 Å². The van der Waals surface area contributed by atoms with Crippen LogP contribution in [-0.4, -0.2) is 25.0 Å². The number of hydrogen-bond acceptors (Lipinski definition) is 4. The highest BCUT2D eigenvalue weighted by atomic mass is 16.7. The predicted molar refractivity (Wildman–Crippen MR) is 63.5 cm³/mol. The summed E-state index contributed by atoms with van der Waals surface area (Å²) >= 11 is 0. The van der Waals surface area contributed by atoms with Crippen molar-refractivity contribution in [3.05, 3.63) is 17.7 Å². The molecule has 4 heteroatoms. The summed E-state index contributed by atoms with van der Waals surface area (Å²) in [4.78, 5) is 0. The summed E-state index contributed by atoms with van der Waals surface area (Å²) < 4.78 is 10.6. The molecule has 0 saturated carbocycles. The lowest BCUT2D eigenvalue weighted by Gasteiger charge is -2.22. The van der Waals surface area contributed by atoms with E-state index in [1.807, 2.05) is 6.07 Å². The molecule has 4 nitrogen and oxygen atoms in total. The van der Waals surface area contributed by atoms with Gasteiger partial charge in [0.05, 0.1) is 0 Å². The van der Waals surface area contributed by atoms with Crippen LogP contribution in [0.3, 0.4) is 0 Å². The van der Waals surface area contributed by atoms with Crippen LogP contribution < -0.4 is 14.8 Å². The average Bonchev–Trinajstić information content (AvgIpc) is 2.78. The highest BCUT2D eigenvalue weighted by molar-refractivity contribution is 5.51. The first-order valence-electron chi connectivity index (χ1n) is 6.15. The fourth-order valence-corrected chi connectivity index (χ4v) is 2.53. The Balaban J connectivity index is 1.78. The van der Waals surface area contributed by atoms with Crippen molar-refractivity contribution in [2.45, 2.75) is 19.3 Å². The molecule has 92 valence electrons. The quantitative estimate of drug-likeness (QED) is 0.818. The highest BCUT2D eigenvalue weighted by Crippen LogP contribution is 2.38. The number of benzene rings is 1. The molecular weight excluding hydrogens is 218 g/mol. The van der Waals surface area contributed by atoms with Crippen molar-refractivity contribution in [1.29, 1.82) is 0 Å². The third-order valence-corrected chi connectivity index (χ3v) is 3.54. The summed E-state index contributed by atoms with van der Waals surface area (Å²) in [7, 11) is 0. The lowest BCUT2D eigenvalue weighted by molar-refractivity contribution is 0.174. The molecule has 1 saturated heterocycles. The van der Waals surface area contributed by atoms with E-state index in [0.29, 0.717) is 17.4 Å². The number of rotatable bonds is 2. The number of phenols is 1. The van der Waals surface area contributed by atoms with E-state index in [-0.39, 0.29) is 6.79 Å². The summed E-state index contributed by atoms with van der Waals surface area (Å²) in [6, 6.07) is 3.58. The van der Waals surface area contributed by atoms with Gasteiger partial charge in [-0.3, -0.25) is 0 Å². The van der Waals surface area contributed by atoms with E-state index in [2.05, 4.69) is 5.32 Å². The standard InChI is InChI=1S/C13H17NO3/c15-11-7-13-12(16-8-17-13)6-10(11)5-9-1-3-14-4-2-9/h6-7,9,14-15H,1-5,8H2. The Bertz CT molecular complexity index is 413. The molecule has 0 aromatic heterocycles. The molecule has 0 atom stereocenters. The Morgan fingerprint density at radius 1 is 1.18 bits per heavy atom. The molecule has 0 unspecified atom stereocenters. The van der Waals surface area contributed by atoms with Gasteiger partial charge < -0.3 is 19.9 Å². The van der Waals surface area contributed by atoms with Gasteiger partial charge in [-0.05, 0) is 49.9 Å². The fourth-order valence-electron chi connectivity index (χ4n) is 2.53. The lowest BCUT2D eigenvalue weighted by Crippen LogP contribution is -2.28. The van der Waals surface area contributed by atoms with E-state index >= 15 is 0 Å². The summed E-state index contributed by atoms with van der Waals surface area (Å²) in [6.45, 7) is 2.41. The maximum atomic E-state index is 9.95. The van der Waals surface area contributed by atoms with Crippen LogP contribution in [0, 0.1) is 5.92 Å². The van der Waals surface area contributed by atoms with Gasteiger partial charge >= 0.3 is 0 Å². The summed E-state index contributed by atoms with van der Waals surface area (Å²) in [5, 5.41) is 13.3. The molecule has 0 spiro atoms. The average molecular weight is 235 g/mol. The SMILES string of the molecule is Oc1cc2c(cc1CC1CCNCC1)OCO2. The minimum atomic E-state index is 0.256. The highest BCUT2D eigenvalue weighted by Gasteiger charge is 2.20. The Hall–Kier alpha value is -1.42. The molecule has 0 radical (unpaired) electrons. The van der Waals surface area contributed by atoms with Crippen molar-refractivity contribution in [2.75, 3.05) is 19.9 Å². The maximum absolute atomic E-state index is 9.95. The zero-order valence-corrected chi connectivity index (χ0v) is 9.74. The third kappa shape index (κ3) is 2.17. The molecule has 1 aromatic carbocycles. The van der Waals surface area contributed by atoms with Gasteiger partial charge in [0.2, 0.25) is 6.79 Å². The van der Waals surface area contributed by atoms with Crippen LogP contribution in [0.1, 0.15) is 18.4 Å². The van der Waals surface area contributed by atoms with Gasteiger partial charge in [0.25, 0.3) is 0 Å². The second-order valence-electron chi connectivity index (χ2n) is 4.73. The van der Waals surface area contributed by atoms with E-state index < -0.39 is 0 Å². The zero-order chi connectivity index (χ0) is 11.7. The van der Waals surface area contributed by atoms with Crippen molar-refractivity contribution in [2.24, 2.45) is 5.92 Å². The first-order chi connectivity index (χ1) is 8.33. The predicted octanol–water partition coefficient (Wildman–Crippen LogP) is 1.66. The van der Waals surface area contributed by atoms with Crippen LogP contribution in [-0.2, 0) is 6.42 Å². The van der Waals surface area contributed by atoms with Gasteiger partial charge in [0, 0.05) is 6.07 Å². The first-order valence-corrected chi connectivity index (χ1v) is 6.15. The van der Waals surface area contributed by atoms with E-state index in [0.717, 1.165) is 30.8 Å². The summed E-state index contributed by atoms with van der Waals surface area (Å²) in [5.74, 6) is 2.39. The van der Waals surface area contributed by atoms with Gasteiger partial charge in [-0.2, -0.15) is 0 Å². The largest absolute Gasteiger partial charge is 0.508 e. The first kappa shape index (κ1) is 10.7. The fraction of sp³-hybridized carbons (Fsp3) is 0.538. The number of piperidine rings is 1. The van der Waals surface area contributed by atoms with Crippen LogP contribution in [0.4, 0.5) is 0 Å². The topological polar surface area (TPSA) is 50.7 Å². The lowest BCUT2D eigenvalue weighted by atomic mass is 9.90. The monoisotopic (exact) mass is 235 g/mol. The molecule has 1 fully saturated rings. The van der Waals surface area contributed by atoms with Crippen molar-refractivity contribution < 1.29 is 14.6 Å². The van der Waals surface area contributed by atoms with Crippen molar-refractivity contribution in [3.8, 4) is 17.2 Å². The Kier molecular flexibility index (Phi) is 2.81. The molecule has 2 N–H and O–H groups in total. The summed E-state index contributed by atoms with van der Waals surface area (Å²) in [6.07, 6.45) is 3.27. The molecule has 0 aliphatic carbocycles. The molecule has 17 heavy (non-hydrogen) atoms. The molecule has 2 aliphatic rings. The van der Waals surface area contributed by atoms with Crippen molar-refractivity contribution in [1.82, 2.24) is 5.32 Å². The van der Waals surface area contributed by atoms with Crippen molar-refractivity contribution >= 4 is 0 Å². The van der Waals surface area contributed by atoms with Crippen LogP contribution >= 0.6 is 0 Å².